The Morgan fingerprint density at radius 2 is 1.60 bits per heavy atom. The summed E-state index contributed by atoms with van der Waals surface area (Å²) in [6.45, 7) is -0.179. The highest BCUT2D eigenvalue weighted by molar-refractivity contribution is 5.76. The zero-order valence-electron chi connectivity index (χ0n) is 10.7. The monoisotopic (exact) mass is 275 g/mol. The molecule has 104 valence electrons. The van der Waals surface area contributed by atoms with Gasteiger partial charge in [-0.3, -0.25) is 4.79 Å². The van der Waals surface area contributed by atoms with Gasteiger partial charge in [-0.2, -0.15) is 0 Å². The summed E-state index contributed by atoms with van der Waals surface area (Å²) in [7, 11) is 0. The fourth-order valence-electron chi connectivity index (χ4n) is 1.57. The lowest BCUT2D eigenvalue weighted by Crippen LogP contribution is -2.25. The molecule has 0 saturated heterocycles. The molecule has 0 heterocycles. The number of carbonyl (C=O) groups is 1. The minimum Gasteiger partial charge on any atom is -0.457 e. The second-order valence-electron chi connectivity index (χ2n) is 4.13. The van der Waals surface area contributed by atoms with Crippen LogP contribution in [0.2, 0.25) is 0 Å². The quantitative estimate of drug-likeness (QED) is 0.879. The molecule has 0 aliphatic heterocycles. The molecule has 0 saturated carbocycles. The van der Waals surface area contributed by atoms with E-state index < -0.39 is 12.5 Å². The lowest BCUT2D eigenvalue weighted by molar-refractivity contribution is -0.123. The van der Waals surface area contributed by atoms with Crippen molar-refractivity contribution in [1.82, 2.24) is 5.32 Å². The van der Waals surface area contributed by atoms with Crippen LogP contribution in [0.5, 0.6) is 11.5 Å². The van der Waals surface area contributed by atoms with Crippen molar-refractivity contribution in [1.29, 1.82) is 0 Å². The summed E-state index contributed by atoms with van der Waals surface area (Å²) in [6, 6.07) is 12.9. The molecule has 0 atom stereocenters. The second kappa shape index (κ2) is 6.68. The van der Waals surface area contributed by atoms with E-state index in [1.807, 2.05) is 0 Å². The van der Waals surface area contributed by atoms with Gasteiger partial charge in [0.2, 0.25) is 5.91 Å². The number of ether oxygens (including phenoxy) is 1. The zero-order chi connectivity index (χ0) is 14.4. The Balaban J connectivity index is 1.94. The van der Waals surface area contributed by atoms with Crippen molar-refractivity contribution in [2.45, 2.75) is 6.54 Å². The number of aliphatic hydroxyl groups excluding tert-OH is 1. The van der Waals surface area contributed by atoms with Crippen LogP contribution in [0.25, 0.3) is 0 Å². The number of amides is 1. The van der Waals surface area contributed by atoms with E-state index in [9.17, 15) is 9.18 Å². The normalized spacial score (nSPS) is 10.1. The number of carbonyl (C=O) groups excluding carboxylic acids is 1. The second-order valence-corrected chi connectivity index (χ2v) is 4.13. The zero-order valence-corrected chi connectivity index (χ0v) is 10.7. The molecule has 0 aromatic heterocycles. The van der Waals surface area contributed by atoms with Crippen molar-refractivity contribution in [3.05, 3.63) is 59.9 Å². The van der Waals surface area contributed by atoms with Gasteiger partial charge in [0.1, 0.15) is 23.9 Å². The van der Waals surface area contributed by atoms with Gasteiger partial charge in [0.15, 0.2) is 0 Å². The first kappa shape index (κ1) is 14.0. The summed E-state index contributed by atoms with van der Waals surface area (Å²) in [5, 5.41) is 11.1. The van der Waals surface area contributed by atoms with Gasteiger partial charge in [-0.1, -0.05) is 12.1 Å². The third-order valence-corrected chi connectivity index (χ3v) is 2.61. The summed E-state index contributed by atoms with van der Waals surface area (Å²) in [5.41, 5.74) is 0.887. The van der Waals surface area contributed by atoms with Gasteiger partial charge in [0.05, 0.1) is 0 Å². The number of halogens is 1. The van der Waals surface area contributed by atoms with Crippen LogP contribution in [0, 0.1) is 5.82 Å². The third-order valence-electron chi connectivity index (χ3n) is 2.61. The molecule has 0 aliphatic rings. The maximum absolute atomic E-state index is 12.7. The van der Waals surface area contributed by atoms with Gasteiger partial charge in [-0.15, -0.1) is 0 Å². The first-order valence-corrected chi connectivity index (χ1v) is 6.07. The fraction of sp³-hybridized carbons (Fsp3) is 0.133. The van der Waals surface area contributed by atoms with E-state index in [1.165, 1.54) is 12.1 Å². The standard InChI is InChI=1S/C15H14FNO3/c16-12-3-7-14(8-4-12)20-13-5-1-11(2-6-13)9-17-15(19)10-18/h1-8,18H,9-10H2,(H,17,19). The summed E-state index contributed by atoms with van der Waals surface area (Å²) in [4.78, 5) is 10.9. The Bertz CT molecular complexity index is 567. The van der Waals surface area contributed by atoms with Crippen LogP contribution < -0.4 is 10.1 Å². The van der Waals surface area contributed by atoms with E-state index in [0.29, 0.717) is 18.0 Å². The third kappa shape index (κ3) is 4.07. The fourth-order valence-corrected chi connectivity index (χ4v) is 1.57. The predicted octanol–water partition coefficient (Wildman–Crippen LogP) is 2.23. The molecule has 0 spiro atoms. The smallest absolute Gasteiger partial charge is 0.245 e. The van der Waals surface area contributed by atoms with Crippen molar-refractivity contribution in [2.75, 3.05) is 6.61 Å². The molecule has 20 heavy (non-hydrogen) atoms. The van der Waals surface area contributed by atoms with Crippen LogP contribution >= 0.6 is 0 Å². The SMILES string of the molecule is O=C(CO)NCc1ccc(Oc2ccc(F)cc2)cc1. The Labute approximate surface area is 115 Å². The van der Waals surface area contributed by atoms with Crippen LogP contribution in [0.1, 0.15) is 5.56 Å². The molecule has 2 aromatic carbocycles. The molecule has 2 N–H and O–H groups in total. The molecular weight excluding hydrogens is 261 g/mol. The van der Waals surface area contributed by atoms with E-state index in [4.69, 9.17) is 9.84 Å². The first-order valence-electron chi connectivity index (χ1n) is 6.07. The molecule has 1 amide bonds. The number of rotatable bonds is 5. The molecule has 0 fully saturated rings. The van der Waals surface area contributed by atoms with Crippen LogP contribution in [-0.4, -0.2) is 17.6 Å². The highest BCUT2D eigenvalue weighted by Crippen LogP contribution is 2.21. The average molecular weight is 275 g/mol. The summed E-state index contributed by atoms with van der Waals surface area (Å²) < 4.78 is 18.3. The van der Waals surface area contributed by atoms with Crippen molar-refractivity contribution in [2.24, 2.45) is 0 Å². The van der Waals surface area contributed by atoms with Gasteiger partial charge in [0.25, 0.3) is 0 Å². The minimum atomic E-state index is -0.522. The average Bonchev–Trinajstić information content (AvgIpc) is 2.48. The highest BCUT2D eigenvalue weighted by atomic mass is 19.1. The van der Waals surface area contributed by atoms with Crippen LogP contribution in [-0.2, 0) is 11.3 Å². The maximum Gasteiger partial charge on any atom is 0.245 e. The van der Waals surface area contributed by atoms with Crippen LogP contribution in [0.3, 0.4) is 0 Å². The number of nitrogens with one attached hydrogen (secondary N) is 1. The van der Waals surface area contributed by atoms with Gasteiger partial charge in [0, 0.05) is 6.54 Å². The molecule has 0 radical (unpaired) electrons. The Morgan fingerprint density at radius 3 is 2.15 bits per heavy atom. The minimum absolute atomic E-state index is 0.313. The summed E-state index contributed by atoms with van der Waals surface area (Å²) in [5.74, 6) is 0.436. The van der Waals surface area contributed by atoms with E-state index in [-0.39, 0.29) is 5.82 Å². The Kier molecular flexibility index (Phi) is 4.68. The van der Waals surface area contributed by atoms with Crippen molar-refractivity contribution in [3.63, 3.8) is 0 Å². The van der Waals surface area contributed by atoms with Crippen molar-refractivity contribution in [3.8, 4) is 11.5 Å². The van der Waals surface area contributed by atoms with E-state index in [0.717, 1.165) is 5.56 Å². The van der Waals surface area contributed by atoms with Crippen LogP contribution in [0.15, 0.2) is 48.5 Å². The Hall–Kier alpha value is -2.40. The van der Waals surface area contributed by atoms with E-state index in [2.05, 4.69) is 5.32 Å². The molecule has 2 aromatic rings. The van der Waals surface area contributed by atoms with Gasteiger partial charge >= 0.3 is 0 Å². The molecule has 0 aliphatic carbocycles. The van der Waals surface area contributed by atoms with Gasteiger partial charge in [-0.05, 0) is 42.0 Å². The molecule has 0 unspecified atom stereocenters. The Morgan fingerprint density at radius 1 is 1.05 bits per heavy atom. The first-order chi connectivity index (χ1) is 9.67. The largest absolute Gasteiger partial charge is 0.457 e. The molecule has 5 heteroatoms. The maximum atomic E-state index is 12.7. The van der Waals surface area contributed by atoms with Gasteiger partial charge in [-0.25, -0.2) is 4.39 Å². The lowest BCUT2D eigenvalue weighted by atomic mass is 10.2. The molecule has 2 rings (SSSR count). The summed E-state index contributed by atoms with van der Waals surface area (Å²) >= 11 is 0. The van der Waals surface area contributed by atoms with Gasteiger partial charge < -0.3 is 15.2 Å². The lowest BCUT2D eigenvalue weighted by Gasteiger charge is -2.07. The highest BCUT2D eigenvalue weighted by Gasteiger charge is 2.01. The number of hydrogen-bond donors (Lipinski definition) is 2. The molecule has 0 bridgehead atoms. The van der Waals surface area contributed by atoms with Crippen molar-refractivity contribution >= 4 is 5.91 Å². The summed E-state index contributed by atoms with van der Waals surface area (Å²) in [6.07, 6.45) is 0. The predicted molar refractivity (Wildman–Crippen MR) is 71.8 cm³/mol. The van der Waals surface area contributed by atoms with E-state index >= 15 is 0 Å². The topological polar surface area (TPSA) is 58.6 Å². The molecule has 4 nitrogen and oxygen atoms in total. The molecular formula is C15H14FNO3. The number of benzene rings is 2. The number of hydrogen-bond acceptors (Lipinski definition) is 3. The number of aliphatic hydroxyl groups is 1. The van der Waals surface area contributed by atoms with E-state index in [1.54, 1.807) is 36.4 Å². The van der Waals surface area contributed by atoms with Crippen molar-refractivity contribution < 1.29 is 19.0 Å². The van der Waals surface area contributed by atoms with Crippen LogP contribution in [0.4, 0.5) is 4.39 Å².